The first-order valence-corrected chi connectivity index (χ1v) is 4.08. The van der Waals surface area contributed by atoms with Gasteiger partial charge in [-0.05, 0) is 6.42 Å². The second kappa shape index (κ2) is 4.65. The summed E-state index contributed by atoms with van der Waals surface area (Å²) < 4.78 is 29.6. The molecule has 0 bridgehead atoms. The standard InChI is InChI=1S/C6H10F2O.C2H6/c1-5-2-3-9-4-6(5,7)8;1-2/h5H,2-4H2,1H3;1-2H3. The van der Waals surface area contributed by atoms with Crippen LogP contribution in [0.1, 0.15) is 27.2 Å². The zero-order chi connectivity index (χ0) is 8.91. The molecule has 1 atom stereocenters. The highest BCUT2D eigenvalue weighted by molar-refractivity contribution is 4.76. The van der Waals surface area contributed by atoms with E-state index in [1.54, 1.807) is 6.92 Å². The molecule has 68 valence electrons. The van der Waals surface area contributed by atoms with Gasteiger partial charge in [0.2, 0.25) is 0 Å². The van der Waals surface area contributed by atoms with Crippen molar-refractivity contribution in [2.45, 2.75) is 33.1 Å². The topological polar surface area (TPSA) is 9.23 Å². The van der Waals surface area contributed by atoms with Crippen molar-refractivity contribution < 1.29 is 13.5 Å². The first-order valence-electron chi connectivity index (χ1n) is 4.08. The lowest BCUT2D eigenvalue weighted by molar-refractivity contribution is -0.148. The zero-order valence-electron chi connectivity index (χ0n) is 7.36. The lowest BCUT2D eigenvalue weighted by Crippen LogP contribution is -2.37. The van der Waals surface area contributed by atoms with E-state index < -0.39 is 18.4 Å². The molecule has 0 aromatic heterocycles. The number of halogens is 2. The minimum atomic E-state index is -2.59. The molecule has 1 saturated heterocycles. The molecule has 0 aliphatic carbocycles. The van der Waals surface area contributed by atoms with Crippen LogP contribution < -0.4 is 0 Å². The zero-order valence-corrected chi connectivity index (χ0v) is 7.36. The molecule has 1 rings (SSSR count). The normalized spacial score (nSPS) is 28.6. The summed E-state index contributed by atoms with van der Waals surface area (Å²) in [5.41, 5.74) is 0. The fourth-order valence-corrected chi connectivity index (χ4v) is 0.822. The minimum absolute atomic E-state index is 0.395. The molecule has 1 heterocycles. The van der Waals surface area contributed by atoms with Crippen LogP contribution in [0.3, 0.4) is 0 Å². The van der Waals surface area contributed by atoms with E-state index in [4.69, 9.17) is 0 Å². The third kappa shape index (κ3) is 3.14. The molecule has 0 aromatic rings. The molecule has 1 aliphatic heterocycles. The predicted octanol–water partition coefficient (Wildman–Crippen LogP) is 2.70. The maximum absolute atomic E-state index is 12.5. The summed E-state index contributed by atoms with van der Waals surface area (Å²) in [6.45, 7) is 5.65. The van der Waals surface area contributed by atoms with Crippen molar-refractivity contribution in [3.63, 3.8) is 0 Å². The number of hydrogen-bond donors (Lipinski definition) is 0. The molecule has 1 aliphatic rings. The van der Waals surface area contributed by atoms with Gasteiger partial charge in [0.05, 0.1) is 0 Å². The number of alkyl halides is 2. The molecule has 11 heavy (non-hydrogen) atoms. The summed E-state index contributed by atoms with van der Waals surface area (Å²) in [5.74, 6) is -3.09. The Labute approximate surface area is 66.7 Å². The van der Waals surface area contributed by atoms with Gasteiger partial charge in [0.25, 0.3) is 5.92 Å². The van der Waals surface area contributed by atoms with Crippen molar-refractivity contribution in [1.82, 2.24) is 0 Å². The molecule has 0 spiro atoms. The highest BCUT2D eigenvalue weighted by Crippen LogP contribution is 2.30. The van der Waals surface area contributed by atoms with Crippen LogP contribution in [0.2, 0.25) is 0 Å². The third-order valence-electron chi connectivity index (χ3n) is 1.71. The molecule has 0 aromatic carbocycles. The quantitative estimate of drug-likeness (QED) is 0.537. The van der Waals surface area contributed by atoms with Gasteiger partial charge in [-0.3, -0.25) is 0 Å². The molecule has 1 nitrogen and oxygen atoms in total. The van der Waals surface area contributed by atoms with Crippen LogP contribution in [0.25, 0.3) is 0 Å². The number of hydrogen-bond acceptors (Lipinski definition) is 1. The lowest BCUT2D eigenvalue weighted by atomic mass is 9.99. The van der Waals surface area contributed by atoms with E-state index in [2.05, 4.69) is 4.74 Å². The molecule has 0 amide bonds. The Bertz CT molecular complexity index is 104. The number of rotatable bonds is 0. The van der Waals surface area contributed by atoms with E-state index >= 15 is 0 Å². The van der Waals surface area contributed by atoms with Gasteiger partial charge in [-0.2, -0.15) is 0 Å². The van der Waals surface area contributed by atoms with E-state index in [-0.39, 0.29) is 0 Å². The van der Waals surface area contributed by atoms with Crippen molar-refractivity contribution in [2.75, 3.05) is 13.2 Å². The van der Waals surface area contributed by atoms with Crippen molar-refractivity contribution >= 4 is 0 Å². The van der Waals surface area contributed by atoms with Gasteiger partial charge in [0.1, 0.15) is 6.61 Å². The second-order valence-electron chi connectivity index (χ2n) is 2.50. The monoisotopic (exact) mass is 166 g/mol. The maximum atomic E-state index is 12.5. The average molecular weight is 166 g/mol. The van der Waals surface area contributed by atoms with E-state index in [0.29, 0.717) is 13.0 Å². The summed E-state index contributed by atoms with van der Waals surface area (Å²) in [5, 5.41) is 0. The van der Waals surface area contributed by atoms with Gasteiger partial charge in [-0.15, -0.1) is 0 Å². The third-order valence-corrected chi connectivity index (χ3v) is 1.71. The van der Waals surface area contributed by atoms with Crippen LogP contribution in [0.5, 0.6) is 0 Å². The Kier molecular flexibility index (Phi) is 4.57. The SMILES string of the molecule is CC.CC1CCOCC1(F)F. The Morgan fingerprint density at radius 1 is 1.36 bits per heavy atom. The Hall–Kier alpha value is -0.180. The van der Waals surface area contributed by atoms with Crippen LogP contribution in [-0.4, -0.2) is 19.1 Å². The molecule has 0 radical (unpaired) electrons. The van der Waals surface area contributed by atoms with Crippen molar-refractivity contribution in [3.05, 3.63) is 0 Å². The molecule has 1 fully saturated rings. The highest BCUT2D eigenvalue weighted by atomic mass is 19.3. The summed E-state index contributed by atoms with van der Waals surface area (Å²) in [4.78, 5) is 0. The Morgan fingerprint density at radius 2 is 1.91 bits per heavy atom. The van der Waals surface area contributed by atoms with E-state index in [1.165, 1.54) is 0 Å². The largest absolute Gasteiger partial charge is 0.375 e. The van der Waals surface area contributed by atoms with Crippen LogP contribution in [0, 0.1) is 5.92 Å². The highest BCUT2D eigenvalue weighted by Gasteiger charge is 2.39. The maximum Gasteiger partial charge on any atom is 0.273 e. The fraction of sp³-hybridized carbons (Fsp3) is 1.00. The minimum Gasteiger partial charge on any atom is -0.375 e. The van der Waals surface area contributed by atoms with Crippen LogP contribution >= 0.6 is 0 Å². The average Bonchev–Trinajstić information content (AvgIpc) is 2.00. The first-order chi connectivity index (χ1) is 5.13. The first kappa shape index (κ1) is 10.8. The fourth-order valence-electron chi connectivity index (χ4n) is 0.822. The number of ether oxygens (including phenoxy) is 1. The summed E-state index contributed by atoms with van der Waals surface area (Å²) in [6.07, 6.45) is 0.479. The van der Waals surface area contributed by atoms with Crippen LogP contribution in [-0.2, 0) is 4.74 Å². The predicted molar refractivity (Wildman–Crippen MR) is 40.9 cm³/mol. The summed E-state index contributed by atoms with van der Waals surface area (Å²) >= 11 is 0. The second-order valence-corrected chi connectivity index (χ2v) is 2.50. The van der Waals surface area contributed by atoms with E-state index in [9.17, 15) is 8.78 Å². The molecule has 0 N–H and O–H groups in total. The van der Waals surface area contributed by atoms with Gasteiger partial charge >= 0.3 is 0 Å². The van der Waals surface area contributed by atoms with Crippen molar-refractivity contribution in [1.29, 1.82) is 0 Å². The molecular formula is C8H16F2O. The molecule has 3 heteroatoms. The van der Waals surface area contributed by atoms with Crippen molar-refractivity contribution in [3.8, 4) is 0 Å². The molecule has 1 unspecified atom stereocenters. The summed E-state index contributed by atoms with van der Waals surface area (Å²) in [7, 11) is 0. The van der Waals surface area contributed by atoms with E-state index in [0.717, 1.165) is 0 Å². The van der Waals surface area contributed by atoms with Crippen molar-refractivity contribution in [2.24, 2.45) is 5.92 Å². The van der Waals surface area contributed by atoms with Gasteiger partial charge in [-0.25, -0.2) is 8.78 Å². The molecular weight excluding hydrogens is 150 g/mol. The lowest BCUT2D eigenvalue weighted by Gasteiger charge is -2.27. The van der Waals surface area contributed by atoms with Gasteiger partial charge in [0.15, 0.2) is 0 Å². The smallest absolute Gasteiger partial charge is 0.273 e. The van der Waals surface area contributed by atoms with Crippen LogP contribution in [0.4, 0.5) is 8.78 Å². The van der Waals surface area contributed by atoms with Gasteiger partial charge in [-0.1, -0.05) is 20.8 Å². The Morgan fingerprint density at radius 3 is 2.18 bits per heavy atom. The van der Waals surface area contributed by atoms with Gasteiger partial charge < -0.3 is 4.74 Å². The van der Waals surface area contributed by atoms with Gasteiger partial charge in [0, 0.05) is 12.5 Å². The Balaban J connectivity index is 0.000000461. The summed E-state index contributed by atoms with van der Waals surface area (Å²) in [6, 6.07) is 0. The van der Waals surface area contributed by atoms with Crippen LogP contribution in [0.15, 0.2) is 0 Å². The molecule has 0 saturated carbocycles. The van der Waals surface area contributed by atoms with E-state index in [1.807, 2.05) is 13.8 Å².